The number of anilines is 4. The molecular weight excluding hydrogens is 214 g/mol. The highest BCUT2D eigenvalue weighted by Gasteiger charge is 2.07. The summed E-state index contributed by atoms with van der Waals surface area (Å²) < 4.78 is 0. The molecule has 2 aromatic carbocycles. The first kappa shape index (κ1) is 11.0. The van der Waals surface area contributed by atoms with Gasteiger partial charge >= 0.3 is 0 Å². The molecule has 1 amide bonds. The highest BCUT2D eigenvalue weighted by Crippen LogP contribution is 2.25. The van der Waals surface area contributed by atoms with E-state index in [1.807, 2.05) is 6.07 Å². The number of carbonyl (C=O) groups is 1. The average Bonchev–Trinajstić information content (AvgIpc) is 2.33. The van der Waals surface area contributed by atoms with Crippen molar-refractivity contribution in [3.8, 4) is 0 Å². The lowest BCUT2D eigenvalue weighted by Gasteiger charge is -2.18. The maximum atomic E-state index is 11.2. The molecular formula is C13H13N3O. The molecule has 2 aromatic rings. The topological polar surface area (TPSA) is 72.3 Å². The maximum absolute atomic E-state index is 11.2. The van der Waals surface area contributed by atoms with E-state index in [0.717, 1.165) is 17.8 Å². The molecule has 0 aliphatic carbocycles. The number of rotatable bonds is 3. The SMILES string of the molecule is Nc1ccc(N(C=O)c2cccc(N)c2)cc1. The molecule has 0 aliphatic rings. The van der Waals surface area contributed by atoms with Gasteiger partial charge in [-0.15, -0.1) is 0 Å². The standard InChI is InChI=1S/C13H13N3O/c14-10-4-6-12(7-5-10)16(9-17)13-3-1-2-11(15)8-13/h1-9H,14-15H2. The van der Waals surface area contributed by atoms with Crippen LogP contribution in [0.15, 0.2) is 48.5 Å². The minimum Gasteiger partial charge on any atom is -0.399 e. The molecule has 0 aromatic heterocycles. The Kier molecular flexibility index (Phi) is 2.96. The fourth-order valence-electron chi connectivity index (χ4n) is 1.58. The zero-order valence-electron chi connectivity index (χ0n) is 9.21. The predicted octanol–water partition coefficient (Wildman–Crippen LogP) is 2.15. The Bertz CT molecular complexity index is 522. The number of hydrogen-bond acceptors (Lipinski definition) is 3. The van der Waals surface area contributed by atoms with E-state index >= 15 is 0 Å². The molecule has 4 nitrogen and oxygen atoms in total. The second-order valence-electron chi connectivity index (χ2n) is 3.66. The molecule has 86 valence electrons. The van der Waals surface area contributed by atoms with Gasteiger partial charge in [-0.2, -0.15) is 0 Å². The monoisotopic (exact) mass is 227 g/mol. The highest BCUT2D eigenvalue weighted by molar-refractivity contribution is 5.87. The summed E-state index contributed by atoms with van der Waals surface area (Å²) in [5, 5.41) is 0. The third-order valence-corrected chi connectivity index (χ3v) is 2.43. The van der Waals surface area contributed by atoms with Crippen LogP contribution < -0.4 is 16.4 Å². The molecule has 0 radical (unpaired) electrons. The summed E-state index contributed by atoms with van der Waals surface area (Å²) in [6, 6.07) is 14.2. The van der Waals surface area contributed by atoms with Crippen LogP contribution in [0.25, 0.3) is 0 Å². The summed E-state index contributed by atoms with van der Waals surface area (Å²) in [6.45, 7) is 0. The number of nitrogen functional groups attached to an aromatic ring is 2. The van der Waals surface area contributed by atoms with Gasteiger partial charge < -0.3 is 11.5 Å². The third-order valence-electron chi connectivity index (χ3n) is 2.43. The van der Waals surface area contributed by atoms with Gasteiger partial charge in [-0.3, -0.25) is 9.69 Å². The van der Waals surface area contributed by atoms with Gasteiger partial charge in [-0.1, -0.05) is 6.07 Å². The fraction of sp³-hybridized carbons (Fsp3) is 0. The van der Waals surface area contributed by atoms with E-state index in [-0.39, 0.29) is 0 Å². The molecule has 0 aliphatic heterocycles. The van der Waals surface area contributed by atoms with Crippen LogP contribution >= 0.6 is 0 Å². The predicted molar refractivity (Wildman–Crippen MR) is 69.9 cm³/mol. The Labute approximate surface area is 99.5 Å². The van der Waals surface area contributed by atoms with E-state index in [2.05, 4.69) is 0 Å². The van der Waals surface area contributed by atoms with Crippen molar-refractivity contribution in [3.05, 3.63) is 48.5 Å². The Morgan fingerprint density at radius 2 is 1.59 bits per heavy atom. The van der Waals surface area contributed by atoms with Crippen LogP contribution in [0.3, 0.4) is 0 Å². The van der Waals surface area contributed by atoms with Crippen LogP contribution in [-0.4, -0.2) is 6.41 Å². The molecule has 0 atom stereocenters. The first-order valence-electron chi connectivity index (χ1n) is 5.16. The van der Waals surface area contributed by atoms with Crippen LogP contribution in [0.5, 0.6) is 0 Å². The lowest BCUT2D eigenvalue weighted by molar-refractivity contribution is -0.106. The summed E-state index contributed by atoms with van der Waals surface area (Å²) in [6.07, 6.45) is 0.750. The minimum atomic E-state index is 0.616. The van der Waals surface area contributed by atoms with Crippen LogP contribution in [0, 0.1) is 0 Å². The van der Waals surface area contributed by atoms with E-state index < -0.39 is 0 Å². The van der Waals surface area contributed by atoms with Crippen molar-refractivity contribution in [2.45, 2.75) is 0 Å². The summed E-state index contributed by atoms with van der Waals surface area (Å²) in [7, 11) is 0. The van der Waals surface area contributed by atoms with Crippen molar-refractivity contribution in [2.75, 3.05) is 16.4 Å². The Balaban J connectivity index is 2.40. The van der Waals surface area contributed by atoms with Crippen LogP contribution in [0.4, 0.5) is 22.7 Å². The number of benzene rings is 2. The molecule has 0 heterocycles. The molecule has 0 fully saturated rings. The van der Waals surface area contributed by atoms with Crippen LogP contribution in [-0.2, 0) is 4.79 Å². The maximum Gasteiger partial charge on any atom is 0.218 e. The first-order chi connectivity index (χ1) is 8.20. The Morgan fingerprint density at radius 3 is 2.18 bits per heavy atom. The third kappa shape index (κ3) is 2.36. The van der Waals surface area contributed by atoms with Crippen molar-refractivity contribution >= 4 is 29.2 Å². The van der Waals surface area contributed by atoms with Gasteiger partial charge in [-0.25, -0.2) is 0 Å². The van der Waals surface area contributed by atoms with Gasteiger partial charge in [0.1, 0.15) is 0 Å². The van der Waals surface area contributed by atoms with Gasteiger partial charge in [0.15, 0.2) is 0 Å². The Morgan fingerprint density at radius 1 is 0.882 bits per heavy atom. The summed E-state index contributed by atoms with van der Waals surface area (Å²) in [4.78, 5) is 12.7. The molecule has 0 spiro atoms. The van der Waals surface area contributed by atoms with Crippen molar-refractivity contribution in [2.24, 2.45) is 0 Å². The number of nitrogens with two attached hydrogens (primary N) is 2. The molecule has 0 unspecified atom stereocenters. The smallest absolute Gasteiger partial charge is 0.218 e. The van der Waals surface area contributed by atoms with Gasteiger partial charge in [0.05, 0.1) is 5.69 Å². The van der Waals surface area contributed by atoms with Crippen LogP contribution in [0.1, 0.15) is 0 Å². The second kappa shape index (κ2) is 4.57. The summed E-state index contributed by atoms with van der Waals surface area (Å²) in [5.41, 5.74) is 14.0. The van der Waals surface area contributed by atoms with Crippen molar-refractivity contribution in [1.82, 2.24) is 0 Å². The van der Waals surface area contributed by atoms with E-state index in [1.165, 1.54) is 4.90 Å². The van der Waals surface area contributed by atoms with Gasteiger partial charge in [0, 0.05) is 17.1 Å². The largest absolute Gasteiger partial charge is 0.399 e. The molecule has 17 heavy (non-hydrogen) atoms. The van der Waals surface area contributed by atoms with Crippen molar-refractivity contribution in [1.29, 1.82) is 0 Å². The lowest BCUT2D eigenvalue weighted by atomic mass is 10.2. The van der Waals surface area contributed by atoms with Crippen molar-refractivity contribution < 1.29 is 4.79 Å². The highest BCUT2D eigenvalue weighted by atomic mass is 16.1. The second-order valence-corrected chi connectivity index (χ2v) is 3.66. The quantitative estimate of drug-likeness (QED) is 0.623. The first-order valence-corrected chi connectivity index (χ1v) is 5.16. The lowest BCUT2D eigenvalue weighted by Crippen LogP contribution is -2.14. The normalized spacial score (nSPS) is 9.88. The van der Waals surface area contributed by atoms with Gasteiger partial charge in [0.25, 0.3) is 0 Å². The number of nitrogens with zero attached hydrogens (tertiary/aromatic N) is 1. The van der Waals surface area contributed by atoms with E-state index in [4.69, 9.17) is 11.5 Å². The molecule has 0 saturated carbocycles. The van der Waals surface area contributed by atoms with Crippen molar-refractivity contribution in [3.63, 3.8) is 0 Å². The summed E-state index contributed by atoms with van der Waals surface area (Å²) >= 11 is 0. The molecule has 4 N–H and O–H groups in total. The molecule has 2 rings (SSSR count). The zero-order chi connectivity index (χ0) is 12.3. The summed E-state index contributed by atoms with van der Waals surface area (Å²) in [5.74, 6) is 0. The molecule has 4 heteroatoms. The fourth-order valence-corrected chi connectivity index (χ4v) is 1.58. The number of carbonyl (C=O) groups excluding carboxylic acids is 1. The Hall–Kier alpha value is -2.49. The molecule has 0 saturated heterocycles. The van der Waals surface area contributed by atoms with Gasteiger partial charge in [0.2, 0.25) is 6.41 Å². The average molecular weight is 227 g/mol. The van der Waals surface area contributed by atoms with Crippen LogP contribution in [0.2, 0.25) is 0 Å². The number of amides is 1. The molecule has 0 bridgehead atoms. The van der Waals surface area contributed by atoms with E-state index in [9.17, 15) is 4.79 Å². The van der Waals surface area contributed by atoms with E-state index in [1.54, 1.807) is 42.5 Å². The number of hydrogen-bond donors (Lipinski definition) is 2. The zero-order valence-corrected chi connectivity index (χ0v) is 9.21. The minimum absolute atomic E-state index is 0.616. The van der Waals surface area contributed by atoms with E-state index in [0.29, 0.717) is 11.4 Å². The van der Waals surface area contributed by atoms with Gasteiger partial charge in [-0.05, 0) is 42.5 Å².